The summed E-state index contributed by atoms with van der Waals surface area (Å²) in [5.74, 6) is -2.36. The zero-order valence-corrected chi connectivity index (χ0v) is 14.5. The normalized spacial score (nSPS) is 9.44. The molecular weight excluding hydrogens is 286 g/mol. The summed E-state index contributed by atoms with van der Waals surface area (Å²) in [4.78, 5) is 32.6. The van der Waals surface area contributed by atoms with Gasteiger partial charge in [-0.05, 0) is 6.42 Å². The average Bonchev–Trinajstić information content (AvgIpc) is 2.26. The van der Waals surface area contributed by atoms with E-state index < -0.39 is 17.7 Å². The zero-order valence-electron chi connectivity index (χ0n) is 11.5. The van der Waals surface area contributed by atoms with E-state index in [-0.39, 0.29) is 25.9 Å². The van der Waals surface area contributed by atoms with Crippen LogP contribution in [0, 0.1) is 0 Å². The van der Waals surface area contributed by atoms with Crippen molar-refractivity contribution in [1.82, 2.24) is 0 Å². The van der Waals surface area contributed by atoms with Crippen LogP contribution in [0.2, 0.25) is 0 Å². The summed E-state index contributed by atoms with van der Waals surface area (Å²) >= 11 is 0. The van der Waals surface area contributed by atoms with E-state index in [1.54, 1.807) is 0 Å². The van der Waals surface area contributed by atoms with Crippen LogP contribution in [0.3, 0.4) is 0 Å². The molecule has 0 aliphatic carbocycles. The molecule has 0 rings (SSSR count). The van der Waals surface area contributed by atoms with Gasteiger partial charge >= 0.3 is 11.9 Å². The summed E-state index contributed by atoms with van der Waals surface area (Å²) in [5, 5.41) is 0. The predicted octanol–water partition coefficient (Wildman–Crippen LogP) is 2.78. The number of hydrogen-bond donors (Lipinski definition) is 0. The van der Waals surface area contributed by atoms with Crippen LogP contribution >= 0.6 is 0 Å². The Bertz CT molecular complexity index is 264. The van der Waals surface area contributed by atoms with Gasteiger partial charge in [0.15, 0.2) is 0 Å². The summed E-state index contributed by atoms with van der Waals surface area (Å²) in [6, 6.07) is 0. The third-order valence-electron chi connectivity index (χ3n) is 2.47. The van der Waals surface area contributed by atoms with Gasteiger partial charge in [0.2, 0.25) is 5.78 Å². The minimum atomic E-state index is -1.02. The van der Waals surface area contributed by atoms with E-state index in [1.165, 1.54) is 25.7 Å². The van der Waals surface area contributed by atoms with Crippen molar-refractivity contribution in [1.29, 1.82) is 0 Å². The fourth-order valence-corrected chi connectivity index (χ4v) is 1.53. The molecule has 0 atom stereocenters. The topological polar surface area (TPSA) is 60.4 Å². The smallest absolute Gasteiger partial charge is 0.382 e. The number of Topliss-reactive ketones (excluding diaryl/α,β-unsaturated/α-hetero) is 1. The maximum Gasteiger partial charge on any atom is 0.382 e. The summed E-state index contributed by atoms with van der Waals surface area (Å²) in [6.07, 6.45) is 7.80. The molecule has 100 valence electrons. The number of carbonyl (C=O) groups excluding carboxylic acids is 3. The van der Waals surface area contributed by atoms with Crippen molar-refractivity contribution in [3.05, 3.63) is 0 Å². The maximum atomic E-state index is 11.2. The Labute approximate surface area is 122 Å². The Morgan fingerprint density at radius 1 is 0.889 bits per heavy atom. The Hall–Kier alpha value is -0.567. The number of carbonyl (C=O) groups is 3. The molecular formula is C13H22O4Zn. The van der Waals surface area contributed by atoms with E-state index in [9.17, 15) is 14.4 Å². The van der Waals surface area contributed by atoms with Gasteiger partial charge in [-0.25, -0.2) is 4.79 Å². The molecule has 0 aromatic heterocycles. The number of ketones is 1. The minimum absolute atomic E-state index is 0. The zero-order chi connectivity index (χ0) is 13.1. The Morgan fingerprint density at radius 2 is 1.39 bits per heavy atom. The largest absolute Gasteiger partial charge is 0.387 e. The third-order valence-corrected chi connectivity index (χ3v) is 2.47. The van der Waals surface area contributed by atoms with Gasteiger partial charge in [0, 0.05) is 32.8 Å². The monoisotopic (exact) mass is 306 g/mol. The molecule has 0 aromatic rings. The molecule has 0 N–H and O–H groups in total. The molecule has 0 aliphatic heterocycles. The molecule has 0 fully saturated rings. The van der Waals surface area contributed by atoms with E-state index >= 15 is 0 Å². The SMILES string of the molecule is CCCCCCCCCC(=O)C(=O)OC(C)=O.[Zn]. The Kier molecular flexibility index (Phi) is 14.1. The molecule has 0 radical (unpaired) electrons. The number of hydrogen-bond acceptors (Lipinski definition) is 4. The molecule has 0 unspecified atom stereocenters. The predicted molar refractivity (Wildman–Crippen MR) is 64.4 cm³/mol. The average molecular weight is 308 g/mol. The quantitative estimate of drug-likeness (QED) is 0.216. The molecule has 0 spiro atoms. The molecule has 0 saturated heterocycles. The van der Waals surface area contributed by atoms with E-state index in [2.05, 4.69) is 11.7 Å². The van der Waals surface area contributed by atoms with Crippen LogP contribution in [0.1, 0.15) is 65.2 Å². The molecule has 0 bridgehead atoms. The van der Waals surface area contributed by atoms with Crippen molar-refractivity contribution in [3.63, 3.8) is 0 Å². The van der Waals surface area contributed by atoms with Gasteiger partial charge in [-0.1, -0.05) is 45.4 Å². The van der Waals surface area contributed by atoms with Crippen molar-refractivity contribution in [3.8, 4) is 0 Å². The Morgan fingerprint density at radius 3 is 1.89 bits per heavy atom. The van der Waals surface area contributed by atoms with Gasteiger partial charge in [0.1, 0.15) is 0 Å². The molecule has 4 nitrogen and oxygen atoms in total. The summed E-state index contributed by atoms with van der Waals surface area (Å²) in [6.45, 7) is 3.28. The summed E-state index contributed by atoms with van der Waals surface area (Å²) in [5.41, 5.74) is 0. The van der Waals surface area contributed by atoms with Crippen molar-refractivity contribution < 1.29 is 38.6 Å². The first-order chi connectivity index (χ1) is 8.07. The molecule has 18 heavy (non-hydrogen) atoms. The Balaban J connectivity index is 0. The number of rotatable bonds is 9. The van der Waals surface area contributed by atoms with Crippen molar-refractivity contribution in [2.45, 2.75) is 65.2 Å². The molecule has 0 heterocycles. The van der Waals surface area contributed by atoms with Gasteiger partial charge < -0.3 is 4.74 Å². The van der Waals surface area contributed by atoms with Crippen LogP contribution in [0.25, 0.3) is 0 Å². The molecule has 0 amide bonds. The first kappa shape index (κ1) is 19.8. The first-order valence-corrected chi connectivity index (χ1v) is 6.33. The summed E-state index contributed by atoms with van der Waals surface area (Å²) < 4.78 is 4.19. The number of ether oxygens (including phenoxy) is 1. The van der Waals surface area contributed by atoms with Crippen LogP contribution in [0.5, 0.6) is 0 Å². The van der Waals surface area contributed by atoms with E-state index in [4.69, 9.17) is 0 Å². The number of unbranched alkanes of at least 4 members (excludes halogenated alkanes) is 6. The second-order valence-corrected chi connectivity index (χ2v) is 4.18. The van der Waals surface area contributed by atoms with Crippen LogP contribution in [-0.2, 0) is 38.6 Å². The van der Waals surface area contributed by atoms with Gasteiger partial charge in [-0.3, -0.25) is 9.59 Å². The first-order valence-electron chi connectivity index (χ1n) is 6.33. The molecule has 0 aromatic carbocycles. The van der Waals surface area contributed by atoms with Gasteiger partial charge in [0.25, 0.3) is 0 Å². The minimum Gasteiger partial charge on any atom is -0.387 e. The van der Waals surface area contributed by atoms with Gasteiger partial charge in [-0.2, -0.15) is 0 Å². The van der Waals surface area contributed by atoms with Crippen LogP contribution in [0.4, 0.5) is 0 Å². The fourth-order valence-electron chi connectivity index (χ4n) is 1.53. The molecule has 5 heteroatoms. The van der Waals surface area contributed by atoms with Gasteiger partial charge in [0.05, 0.1) is 0 Å². The van der Waals surface area contributed by atoms with Crippen LogP contribution < -0.4 is 0 Å². The second-order valence-electron chi connectivity index (χ2n) is 4.18. The van der Waals surface area contributed by atoms with Crippen molar-refractivity contribution in [2.75, 3.05) is 0 Å². The fraction of sp³-hybridized carbons (Fsp3) is 0.769. The van der Waals surface area contributed by atoms with Crippen molar-refractivity contribution >= 4 is 17.7 Å². The molecule has 0 aliphatic rings. The maximum absolute atomic E-state index is 11.2. The second kappa shape index (κ2) is 12.9. The van der Waals surface area contributed by atoms with E-state index in [0.717, 1.165) is 19.8 Å². The molecule has 0 saturated carbocycles. The standard InChI is InChI=1S/C13H22O4.Zn/c1-3-4-5-6-7-8-9-10-12(15)13(16)17-11(2)14;/h3-10H2,1-2H3;. The summed E-state index contributed by atoms with van der Waals surface area (Å²) in [7, 11) is 0. The van der Waals surface area contributed by atoms with Gasteiger partial charge in [-0.15, -0.1) is 0 Å². The van der Waals surface area contributed by atoms with Crippen LogP contribution in [0.15, 0.2) is 0 Å². The van der Waals surface area contributed by atoms with Crippen molar-refractivity contribution in [2.24, 2.45) is 0 Å². The van der Waals surface area contributed by atoms with E-state index in [1.807, 2.05) is 0 Å². The third kappa shape index (κ3) is 11.9. The van der Waals surface area contributed by atoms with E-state index in [0.29, 0.717) is 6.42 Å². The number of esters is 2. The van der Waals surface area contributed by atoms with Crippen LogP contribution in [-0.4, -0.2) is 17.7 Å².